The van der Waals surface area contributed by atoms with Crippen molar-refractivity contribution in [2.24, 2.45) is 0 Å². The SMILES string of the molecule is COc1cc(OC)c(C2SCCN2S(=O)(=O)c2ccccc2Br)cc1OC. The first-order valence-corrected chi connectivity index (χ1v) is 11.4. The summed E-state index contributed by atoms with van der Waals surface area (Å²) in [5, 5.41) is -0.420. The van der Waals surface area contributed by atoms with E-state index in [2.05, 4.69) is 15.9 Å². The van der Waals surface area contributed by atoms with Crippen LogP contribution in [-0.2, 0) is 10.0 Å². The van der Waals surface area contributed by atoms with E-state index >= 15 is 0 Å². The molecule has 27 heavy (non-hydrogen) atoms. The molecule has 0 saturated carbocycles. The highest BCUT2D eigenvalue weighted by molar-refractivity contribution is 9.10. The van der Waals surface area contributed by atoms with Crippen molar-refractivity contribution in [3.63, 3.8) is 0 Å². The van der Waals surface area contributed by atoms with Gasteiger partial charge in [-0.3, -0.25) is 0 Å². The minimum Gasteiger partial charge on any atom is -0.496 e. The quantitative estimate of drug-likeness (QED) is 0.633. The van der Waals surface area contributed by atoms with Gasteiger partial charge in [0.2, 0.25) is 10.0 Å². The molecule has 1 unspecified atom stereocenters. The Bertz CT molecular complexity index is 935. The van der Waals surface area contributed by atoms with Gasteiger partial charge in [-0.15, -0.1) is 11.8 Å². The van der Waals surface area contributed by atoms with Gasteiger partial charge in [-0.1, -0.05) is 12.1 Å². The molecule has 146 valence electrons. The van der Waals surface area contributed by atoms with Crippen LogP contribution in [0.1, 0.15) is 10.9 Å². The molecule has 0 amide bonds. The normalized spacial score (nSPS) is 17.7. The fourth-order valence-corrected chi connectivity index (χ4v) is 7.18. The Labute approximate surface area is 172 Å². The number of nitrogens with zero attached hydrogens (tertiary/aromatic N) is 1. The molecule has 0 spiro atoms. The van der Waals surface area contributed by atoms with E-state index in [4.69, 9.17) is 14.2 Å². The Morgan fingerprint density at radius 3 is 2.30 bits per heavy atom. The van der Waals surface area contributed by atoms with E-state index in [-0.39, 0.29) is 4.90 Å². The monoisotopic (exact) mass is 473 g/mol. The zero-order chi connectivity index (χ0) is 19.6. The van der Waals surface area contributed by atoms with Crippen molar-refractivity contribution >= 4 is 37.7 Å². The molecule has 1 saturated heterocycles. The lowest BCUT2D eigenvalue weighted by molar-refractivity contribution is 0.344. The summed E-state index contributed by atoms with van der Waals surface area (Å²) in [6, 6.07) is 10.3. The van der Waals surface area contributed by atoms with E-state index in [1.807, 2.05) is 0 Å². The van der Waals surface area contributed by atoms with Crippen molar-refractivity contribution in [3.05, 3.63) is 46.4 Å². The maximum atomic E-state index is 13.3. The molecule has 0 N–H and O–H groups in total. The molecule has 6 nitrogen and oxygen atoms in total. The van der Waals surface area contributed by atoms with E-state index in [0.717, 1.165) is 5.56 Å². The average molecular weight is 474 g/mol. The van der Waals surface area contributed by atoms with Crippen molar-refractivity contribution in [1.29, 1.82) is 0 Å². The van der Waals surface area contributed by atoms with Crippen LogP contribution in [0.15, 0.2) is 45.8 Å². The summed E-state index contributed by atoms with van der Waals surface area (Å²) in [5.74, 6) is 2.30. The van der Waals surface area contributed by atoms with Gasteiger partial charge in [-0.25, -0.2) is 8.42 Å². The molecule has 0 radical (unpaired) electrons. The molecule has 2 aromatic rings. The molecule has 1 fully saturated rings. The standard InChI is InChI=1S/C18H20BrNO5S2/c1-23-14-11-16(25-3)15(24-2)10-12(14)18-20(8-9-26-18)27(21,22)17-7-5-4-6-13(17)19/h4-7,10-11,18H,8-9H2,1-3H3. The summed E-state index contributed by atoms with van der Waals surface area (Å²) in [5.41, 5.74) is 0.730. The molecule has 0 aromatic heterocycles. The maximum absolute atomic E-state index is 13.3. The number of thioether (sulfide) groups is 1. The molecule has 1 aliphatic rings. The van der Waals surface area contributed by atoms with Gasteiger partial charge in [0.1, 0.15) is 5.75 Å². The molecule has 9 heteroatoms. The number of benzene rings is 2. The zero-order valence-electron chi connectivity index (χ0n) is 15.1. The third-order valence-electron chi connectivity index (χ3n) is 4.27. The molecule has 3 rings (SSSR count). The average Bonchev–Trinajstić information content (AvgIpc) is 3.17. The van der Waals surface area contributed by atoms with Crippen LogP contribution in [0, 0.1) is 0 Å². The van der Waals surface area contributed by atoms with Gasteiger partial charge in [0.15, 0.2) is 11.5 Å². The van der Waals surface area contributed by atoms with Crippen LogP contribution < -0.4 is 14.2 Å². The fourth-order valence-electron chi connectivity index (χ4n) is 2.97. The number of sulfonamides is 1. The third-order valence-corrected chi connectivity index (χ3v) is 8.53. The van der Waals surface area contributed by atoms with Crippen molar-refractivity contribution in [2.45, 2.75) is 10.3 Å². The number of ether oxygens (including phenoxy) is 3. The second-order valence-electron chi connectivity index (χ2n) is 5.72. The van der Waals surface area contributed by atoms with Gasteiger partial charge >= 0.3 is 0 Å². The van der Waals surface area contributed by atoms with Crippen LogP contribution >= 0.6 is 27.7 Å². The lowest BCUT2D eigenvalue weighted by Crippen LogP contribution is -2.31. The van der Waals surface area contributed by atoms with Crippen LogP contribution in [-0.4, -0.2) is 46.4 Å². The van der Waals surface area contributed by atoms with Gasteiger partial charge in [0.25, 0.3) is 0 Å². The Morgan fingerprint density at radius 1 is 1.04 bits per heavy atom. The van der Waals surface area contributed by atoms with E-state index in [0.29, 0.717) is 34.0 Å². The Balaban J connectivity index is 2.08. The first-order chi connectivity index (χ1) is 12.9. The molecule has 1 aliphatic heterocycles. The van der Waals surface area contributed by atoms with Crippen LogP contribution in [0.4, 0.5) is 0 Å². The third kappa shape index (κ3) is 3.78. The second-order valence-corrected chi connectivity index (χ2v) is 9.62. The highest BCUT2D eigenvalue weighted by Crippen LogP contribution is 2.48. The summed E-state index contributed by atoms with van der Waals surface area (Å²) >= 11 is 4.90. The van der Waals surface area contributed by atoms with Gasteiger partial charge in [-0.2, -0.15) is 4.31 Å². The van der Waals surface area contributed by atoms with Gasteiger partial charge in [0, 0.05) is 28.4 Å². The minimum absolute atomic E-state index is 0.247. The topological polar surface area (TPSA) is 65.1 Å². The number of rotatable bonds is 6. The highest BCUT2D eigenvalue weighted by Gasteiger charge is 2.39. The van der Waals surface area contributed by atoms with Gasteiger partial charge in [-0.05, 0) is 34.1 Å². The molecule has 0 aliphatic carbocycles. The summed E-state index contributed by atoms with van der Waals surface area (Å²) < 4.78 is 44.9. The molecular formula is C18H20BrNO5S2. The number of methoxy groups -OCH3 is 3. The fraction of sp³-hybridized carbons (Fsp3) is 0.333. The minimum atomic E-state index is -3.69. The van der Waals surface area contributed by atoms with Gasteiger partial charge < -0.3 is 14.2 Å². The van der Waals surface area contributed by atoms with E-state index < -0.39 is 15.4 Å². The summed E-state index contributed by atoms with van der Waals surface area (Å²) in [7, 11) is 0.957. The van der Waals surface area contributed by atoms with Crippen LogP contribution in [0.3, 0.4) is 0 Å². The first kappa shape index (κ1) is 20.3. The number of hydrogen-bond donors (Lipinski definition) is 0. The molecular weight excluding hydrogens is 454 g/mol. The number of halogens is 1. The maximum Gasteiger partial charge on any atom is 0.245 e. The summed E-state index contributed by atoms with van der Waals surface area (Å²) in [4.78, 5) is 0.247. The lowest BCUT2D eigenvalue weighted by Gasteiger charge is -2.26. The lowest BCUT2D eigenvalue weighted by atomic mass is 10.1. The van der Waals surface area contributed by atoms with Crippen molar-refractivity contribution in [2.75, 3.05) is 33.6 Å². The van der Waals surface area contributed by atoms with Crippen LogP contribution in [0.5, 0.6) is 17.2 Å². The molecule has 1 atom stereocenters. The van der Waals surface area contributed by atoms with E-state index in [1.54, 1.807) is 69.5 Å². The van der Waals surface area contributed by atoms with Crippen molar-refractivity contribution in [1.82, 2.24) is 4.31 Å². The second kappa shape index (κ2) is 8.30. The molecule has 0 bridgehead atoms. The zero-order valence-corrected chi connectivity index (χ0v) is 18.4. The largest absolute Gasteiger partial charge is 0.496 e. The number of hydrogen-bond acceptors (Lipinski definition) is 6. The van der Waals surface area contributed by atoms with Crippen molar-refractivity contribution in [3.8, 4) is 17.2 Å². The van der Waals surface area contributed by atoms with Crippen LogP contribution in [0.25, 0.3) is 0 Å². The van der Waals surface area contributed by atoms with Gasteiger partial charge in [0.05, 0.1) is 31.6 Å². The highest BCUT2D eigenvalue weighted by atomic mass is 79.9. The predicted octanol–water partition coefficient (Wildman–Crippen LogP) is 3.91. The first-order valence-electron chi connectivity index (χ1n) is 8.12. The van der Waals surface area contributed by atoms with Crippen molar-refractivity contribution < 1.29 is 22.6 Å². The summed E-state index contributed by atoms with van der Waals surface area (Å²) in [6.07, 6.45) is 0. The Morgan fingerprint density at radius 2 is 1.67 bits per heavy atom. The molecule has 2 aromatic carbocycles. The molecule has 1 heterocycles. The predicted molar refractivity (Wildman–Crippen MR) is 109 cm³/mol. The van der Waals surface area contributed by atoms with E-state index in [1.165, 1.54) is 4.31 Å². The Kier molecular flexibility index (Phi) is 6.25. The Hall–Kier alpha value is -1.42. The van der Waals surface area contributed by atoms with E-state index in [9.17, 15) is 8.42 Å². The van der Waals surface area contributed by atoms with Crippen LogP contribution in [0.2, 0.25) is 0 Å². The summed E-state index contributed by atoms with van der Waals surface area (Å²) in [6.45, 7) is 0.413. The smallest absolute Gasteiger partial charge is 0.245 e.